The molecule has 1 unspecified atom stereocenters. The molecule has 1 heteroatoms. The van der Waals surface area contributed by atoms with E-state index in [0.29, 0.717) is 11.3 Å². The summed E-state index contributed by atoms with van der Waals surface area (Å²) in [6, 6.07) is 9.02. The van der Waals surface area contributed by atoms with Gasteiger partial charge in [-0.25, -0.2) is 0 Å². The predicted octanol–water partition coefficient (Wildman–Crippen LogP) is 4.86. The fourth-order valence-electron chi connectivity index (χ4n) is 3.08. The SMILES string of the molecule is CC1=C(C)C(C)C([Si]c2ccccc2CC(C)(C)C)=C1C. The number of rotatable bonds is 3. The van der Waals surface area contributed by atoms with Crippen LogP contribution in [0.1, 0.15) is 54.0 Å². The number of benzene rings is 1. The highest BCUT2D eigenvalue weighted by atomic mass is 28.2. The molecule has 1 atom stereocenters. The van der Waals surface area contributed by atoms with Crippen molar-refractivity contribution in [2.24, 2.45) is 11.3 Å². The Morgan fingerprint density at radius 1 is 1.00 bits per heavy atom. The van der Waals surface area contributed by atoms with Crippen LogP contribution in [0.3, 0.4) is 0 Å². The Morgan fingerprint density at radius 2 is 1.62 bits per heavy atom. The first-order valence-electron chi connectivity index (χ1n) is 7.94. The van der Waals surface area contributed by atoms with Crippen molar-refractivity contribution in [3.63, 3.8) is 0 Å². The first kappa shape index (κ1) is 16.3. The summed E-state index contributed by atoms with van der Waals surface area (Å²) in [4.78, 5) is 0. The average molecular weight is 297 g/mol. The van der Waals surface area contributed by atoms with Crippen LogP contribution in [0, 0.1) is 11.3 Å². The molecule has 0 N–H and O–H groups in total. The maximum atomic E-state index is 2.37. The molecule has 1 aromatic carbocycles. The largest absolute Gasteiger partial charge is 0.117 e. The first-order chi connectivity index (χ1) is 9.70. The Morgan fingerprint density at radius 3 is 2.14 bits per heavy atom. The molecule has 2 radical (unpaired) electrons. The van der Waals surface area contributed by atoms with Gasteiger partial charge in [0.15, 0.2) is 0 Å². The van der Waals surface area contributed by atoms with Gasteiger partial charge in [0.2, 0.25) is 0 Å². The molecule has 0 amide bonds. The zero-order chi connectivity index (χ0) is 15.8. The van der Waals surface area contributed by atoms with Crippen LogP contribution in [0.4, 0.5) is 0 Å². The van der Waals surface area contributed by atoms with E-state index in [2.05, 4.69) is 72.7 Å². The molecule has 21 heavy (non-hydrogen) atoms. The van der Waals surface area contributed by atoms with Crippen molar-refractivity contribution < 1.29 is 0 Å². The molecule has 2 rings (SSSR count). The monoisotopic (exact) mass is 296 g/mol. The van der Waals surface area contributed by atoms with E-state index in [0.717, 1.165) is 15.9 Å². The Hall–Kier alpha value is -1.08. The van der Waals surface area contributed by atoms with Gasteiger partial charge in [0.05, 0.1) is 0 Å². The minimum absolute atomic E-state index is 0.343. The number of allylic oxidation sites excluding steroid dienone is 4. The molecule has 1 aliphatic carbocycles. The fourth-order valence-corrected chi connectivity index (χ4v) is 4.69. The summed E-state index contributed by atoms with van der Waals surface area (Å²) in [6.07, 6.45) is 1.16. The van der Waals surface area contributed by atoms with Crippen molar-refractivity contribution in [3.8, 4) is 0 Å². The molecule has 0 heterocycles. The lowest BCUT2D eigenvalue weighted by atomic mass is 9.88. The molecule has 0 aliphatic heterocycles. The zero-order valence-electron chi connectivity index (χ0n) is 14.6. The molecule has 0 spiro atoms. The molecule has 0 aromatic heterocycles. The standard InChI is InChI=1S/C20H28Si/c1-13-14(2)16(4)19(15(13)3)21-18-11-9-8-10-17(18)12-20(5,6)7/h8-11,15H,12H2,1-7H3. The summed E-state index contributed by atoms with van der Waals surface area (Å²) < 4.78 is 0. The third kappa shape index (κ3) is 3.57. The molecule has 0 bridgehead atoms. The van der Waals surface area contributed by atoms with Crippen molar-refractivity contribution in [3.05, 3.63) is 51.7 Å². The Kier molecular flexibility index (Phi) is 4.62. The third-order valence-electron chi connectivity index (χ3n) is 4.65. The maximum absolute atomic E-state index is 2.37. The lowest BCUT2D eigenvalue weighted by molar-refractivity contribution is 0.412. The van der Waals surface area contributed by atoms with Gasteiger partial charge in [-0.05, 0) is 49.7 Å². The predicted molar refractivity (Wildman–Crippen MR) is 95.2 cm³/mol. The van der Waals surface area contributed by atoms with Gasteiger partial charge >= 0.3 is 0 Å². The highest BCUT2D eigenvalue weighted by Crippen LogP contribution is 2.35. The highest BCUT2D eigenvalue weighted by molar-refractivity contribution is 6.62. The molecule has 0 nitrogen and oxygen atoms in total. The highest BCUT2D eigenvalue weighted by Gasteiger charge is 2.25. The van der Waals surface area contributed by atoms with Crippen LogP contribution in [0.5, 0.6) is 0 Å². The van der Waals surface area contributed by atoms with Gasteiger partial charge in [0.25, 0.3) is 0 Å². The quantitative estimate of drug-likeness (QED) is 0.698. The van der Waals surface area contributed by atoms with Crippen LogP contribution in [0.25, 0.3) is 0 Å². The van der Waals surface area contributed by atoms with Crippen LogP contribution in [-0.4, -0.2) is 9.52 Å². The van der Waals surface area contributed by atoms with Gasteiger partial charge in [-0.15, -0.1) is 0 Å². The Labute approximate surface area is 133 Å². The van der Waals surface area contributed by atoms with E-state index in [1.165, 1.54) is 21.9 Å². The molecular formula is C20H28Si. The summed E-state index contributed by atoms with van der Waals surface area (Å²) in [5, 5.41) is 3.18. The van der Waals surface area contributed by atoms with Crippen LogP contribution in [-0.2, 0) is 6.42 Å². The van der Waals surface area contributed by atoms with Crippen LogP contribution >= 0.6 is 0 Å². The van der Waals surface area contributed by atoms with Crippen molar-refractivity contribution in [2.45, 2.75) is 54.9 Å². The number of hydrogen-bond acceptors (Lipinski definition) is 0. The van der Waals surface area contributed by atoms with Crippen molar-refractivity contribution in [2.75, 3.05) is 0 Å². The van der Waals surface area contributed by atoms with Crippen LogP contribution in [0.15, 0.2) is 46.2 Å². The second-order valence-electron chi connectivity index (χ2n) is 7.59. The summed E-state index contributed by atoms with van der Waals surface area (Å²) in [5.41, 5.74) is 6.47. The van der Waals surface area contributed by atoms with Gasteiger partial charge in [0, 0.05) is 0 Å². The van der Waals surface area contributed by atoms with Crippen molar-refractivity contribution >= 4 is 14.7 Å². The minimum Gasteiger partial charge on any atom is -0.0695 e. The smallest absolute Gasteiger partial charge is 0.0695 e. The van der Waals surface area contributed by atoms with E-state index in [1.807, 2.05) is 0 Å². The molecule has 0 saturated heterocycles. The normalized spacial score (nSPS) is 19.7. The maximum Gasteiger partial charge on any atom is 0.117 e. The van der Waals surface area contributed by atoms with E-state index < -0.39 is 0 Å². The van der Waals surface area contributed by atoms with E-state index in [1.54, 1.807) is 10.8 Å². The second-order valence-corrected chi connectivity index (χ2v) is 8.92. The minimum atomic E-state index is 0.343. The van der Waals surface area contributed by atoms with Crippen LogP contribution in [0.2, 0.25) is 0 Å². The number of hydrogen-bond donors (Lipinski definition) is 0. The molecule has 1 aliphatic rings. The van der Waals surface area contributed by atoms with Gasteiger partial charge in [-0.2, -0.15) is 0 Å². The second kappa shape index (κ2) is 5.96. The topological polar surface area (TPSA) is 0 Å². The summed E-state index contributed by atoms with van der Waals surface area (Å²) in [5.74, 6) is 0.617. The Bertz CT molecular complexity index is 597. The van der Waals surface area contributed by atoms with Gasteiger partial charge in [-0.3, -0.25) is 0 Å². The first-order valence-corrected chi connectivity index (χ1v) is 8.94. The lowest BCUT2D eigenvalue weighted by Crippen LogP contribution is -2.26. The molecule has 0 saturated carbocycles. The summed E-state index contributed by atoms with van der Waals surface area (Å²) >= 11 is 0. The summed E-state index contributed by atoms with van der Waals surface area (Å²) in [7, 11) is 0.813. The van der Waals surface area contributed by atoms with E-state index in [-0.39, 0.29) is 0 Å². The van der Waals surface area contributed by atoms with E-state index in [4.69, 9.17) is 0 Å². The molecule has 112 valence electrons. The molecule has 1 aromatic rings. The Balaban J connectivity index is 2.30. The van der Waals surface area contributed by atoms with E-state index >= 15 is 0 Å². The van der Waals surface area contributed by atoms with Gasteiger partial charge < -0.3 is 0 Å². The van der Waals surface area contributed by atoms with Gasteiger partial charge in [0.1, 0.15) is 9.52 Å². The molecular weight excluding hydrogens is 268 g/mol. The fraction of sp³-hybridized carbons (Fsp3) is 0.500. The van der Waals surface area contributed by atoms with Crippen LogP contribution < -0.4 is 5.19 Å². The summed E-state index contributed by atoms with van der Waals surface area (Å²) in [6.45, 7) is 16.2. The third-order valence-corrected chi connectivity index (χ3v) is 6.48. The molecule has 0 fully saturated rings. The van der Waals surface area contributed by atoms with E-state index in [9.17, 15) is 0 Å². The van der Waals surface area contributed by atoms with Crippen molar-refractivity contribution in [1.82, 2.24) is 0 Å². The van der Waals surface area contributed by atoms with Gasteiger partial charge in [-0.1, -0.05) is 73.5 Å². The zero-order valence-corrected chi connectivity index (χ0v) is 15.6. The van der Waals surface area contributed by atoms with Crippen molar-refractivity contribution in [1.29, 1.82) is 0 Å². The lowest BCUT2D eigenvalue weighted by Gasteiger charge is -2.21. The average Bonchev–Trinajstić information content (AvgIpc) is 2.57.